The Labute approximate surface area is 86.5 Å². The minimum absolute atomic E-state index is 0.147. The van der Waals surface area contributed by atoms with E-state index in [1.807, 2.05) is 0 Å². The van der Waals surface area contributed by atoms with E-state index in [4.69, 9.17) is 5.73 Å². The lowest BCUT2D eigenvalue weighted by Gasteiger charge is -2.06. The third-order valence-electron chi connectivity index (χ3n) is 1.93. The molecule has 0 spiro atoms. The molecule has 0 amide bonds. The standard InChI is InChI=1S/C10H12FNO3/c1-15-9-5-6(7(13)2-3-12)4-8(14)10(9)11/h4-5,14H,2-3,12H2,1H3. The molecular formula is C10H12FNO3. The summed E-state index contributed by atoms with van der Waals surface area (Å²) < 4.78 is 17.8. The fourth-order valence-corrected chi connectivity index (χ4v) is 1.17. The Balaban J connectivity index is 3.10. The van der Waals surface area contributed by atoms with Crippen LogP contribution in [0.2, 0.25) is 0 Å². The molecule has 0 unspecified atom stereocenters. The first-order valence-electron chi connectivity index (χ1n) is 4.40. The van der Waals surface area contributed by atoms with E-state index >= 15 is 0 Å². The number of phenols is 1. The molecule has 0 saturated carbocycles. The number of benzene rings is 1. The van der Waals surface area contributed by atoms with E-state index in [9.17, 15) is 14.3 Å². The van der Waals surface area contributed by atoms with Crippen molar-refractivity contribution < 1.29 is 19.0 Å². The maximum atomic E-state index is 13.1. The lowest BCUT2D eigenvalue weighted by Crippen LogP contribution is -2.08. The van der Waals surface area contributed by atoms with E-state index in [0.717, 1.165) is 6.07 Å². The van der Waals surface area contributed by atoms with Gasteiger partial charge in [-0.25, -0.2) is 0 Å². The number of ether oxygens (including phenoxy) is 1. The highest BCUT2D eigenvalue weighted by Gasteiger charge is 2.14. The van der Waals surface area contributed by atoms with Crippen molar-refractivity contribution in [1.29, 1.82) is 0 Å². The average Bonchev–Trinajstić information content (AvgIpc) is 2.22. The van der Waals surface area contributed by atoms with Gasteiger partial charge < -0.3 is 15.6 Å². The molecule has 4 nitrogen and oxygen atoms in total. The minimum Gasteiger partial charge on any atom is -0.505 e. The molecule has 1 aromatic carbocycles. The first-order chi connectivity index (χ1) is 7.10. The Morgan fingerprint density at radius 2 is 2.27 bits per heavy atom. The quantitative estimate of drug-likeness (QED) is 0.734. The van der Waals surface area contributed by atoms with Gasteiger partial charge in [0.05, 0.1) is 7.11 Å². The second-order valence-electron chi connectivity index (χ2n) is 2.97. The molecule has 0 atom stereocenters. The van der Waals surface area contributed by atoms with E-state index in [1.165, 1.54) is 13.2 Å². The maximum Gasteiger partial charge on any atom is 0.206 e. The normalized spacial score (nSPS) is 10.1. The average molecular weight is 213 g/mol. The number of carbonyl (C=O) groups is 1. The van der Waals surface area contributed by atoms with Crippen LogP contribution in [0.25, 0.3) is 0 Å². The van der Waals surface area contributed by atoms with Crippen molar-refractivity contribution in [3.63, 3.8) is 0 Å². The number of hydrogen-bond acceptors (Lipinski definition) is 4. The smallest absolute Gasteiger partial charge is 0.206 e. The van der Waals surface area contributed by atoms with Gasteiger partial charge in [-0.15, -0.1) is 0 Å². The largest absolute Gasteiger partial charge is 0.505 e. The predicted molar refractivity (Wildman–Crippen MR) is 52.6 cm³/mol. The molecule has 15 heavy (non-hydrogen) atoms. The molecule has 0 aliphatic rings. The van der Waals surface area contributed by atoms with Crippen molar-refractivity contribution in [2.75, 3.05) is 13.7 Å². The number of ketones is 1. The molecule has 0 aromatic heterocycles. The van der Waals surface area contributed by atoms with Crippen LogP contribution in [0.15, 0.2) is 12.1 Å². The van der Waals surface area contributed by atoms with Crippen molar-refractivity contribution in [1.82, 2.24) is 0 Å². The Morgan fingerprint density at radius 3 is 2.80 bits per heavy atom. The summed E-state index contributed by atoms with van der Waals surface area (Å²) in [6.07, 6.45) is 0.147. The summed E-state index contributed by atoms with van der Waals surface area (Å²) in [5.41, 5.74) is 5.41. The van der Waals surface area contributed by atoms with Crippen LogP contribution in [0, 0.1) is 5.82 Å². The van der Waals surface area contributed by atoms with Crippen molar-refractivity contribution in [3.05, 3.63) is 23.5 Å². The number of aromatic hydroxyl groups is 1. The van der Waals surface area contributed by atoms with Gasteiger partial charge in [-0.3, -0.25) is 4.79 Å². The Hall–Kier alpha value is -1.62. The summed E-state index contributed by atoms with van der Waals surface area (Å²) in [7, 11) is 1.26. The van der Waals surface area contributed by atoms with Gasteiger partial charge in [-0.05, 0) is 18.7 Å². The zero-order valence-corrected chi connectivity index (χ0v) is 8.29. The maximum absolute atomic E-state index is 13.1. The second kappa shape index (κ2) is 4.75. The molecule has 3 N–H and O–H groups in total. The molecule has 1 rings (SSSR count). The van der Waals surface area contributed by atoms with Crippen LogP contribution in [0.5, 0.6) is 11.5 Å². The van der Waals surface area contributed by atoms with Gasteiger partial charge in [-0.2, -0.15) is 4.39 Å². The number of halogens is 1. The number of Topliss-reactive ketones (excluding diaryl/α,β-unsaturated/α-hetero) is 1. The summed E-state index contributed by atoms with van der Waals surface area (Å²) in [4.78, 5) is 11.4. The van der Waals surface area contributed by atoms with Crippen molar-refractivity contribution in [2.45, 2.75) is 6.42 Å². The first-order valence-corrected chi connectivity index (χ1v) is 4.40. The number of nitrogens with two attached hydrogens (primary N) is 1. The van der Waals surface area contributed by atoms with Crippen LogP contribution in [0.3, 0.4) is 0 Å². The van der Waals surface area contributed by atoms with Crippen LogP contribution in [-0.2, 0) is 0 Å². The summed E-state index contributed by atoms with van der Waals surface area (Å²) in [6, 6.07) is 2.31. The summed E-state index contributed by atoms with van der Waals surface area (Å²) in [6.45, 7) is 0.208. The highest BCUT2D eigenvalue weighted by molar-refractivity contribution is 5.97. The third-order valence-corrected chi connectivity index (χ3v) is 1.93. The zero-order chi connectivity index (χ0) is 11.4. The third kappa shape index (κ3) is 2.44. The lowest BCUT2D eigenvalue weighted by molar-refractivity contribution is 0.0984. The molecule has 5 heteroatoms. The van der Waals surface area contributed by atoms with Gasteiger partial charge in [0.1, 0.15) is 0 Å². The van der Waals surface area contributed by atoms with Crippen LogP contribution in [-0.4, -0.2) is 24.5 Å². The van der Waals surface area contributed by atoms with Crippen LogP contribution in [0.1, 0.15) is 16.8 Å². The molecule has 0 bridgehead atoms. The number of carbonyl (C=O) groups excluding carboxylic acids is 1. The highest BCUT2D eigenvalue weighted by atomic mass is 19.1. The molecule has 0 aliphatic heterocycles. The molecule has 0 saturated heterocycles. The van der Waals surface area contributed by atoms with E-state index in [0.29, 0.717) is 0 Å². The molecular weight excluding hydrogens is 201 g/mol. The van der Waals surface area contributed by atoms with Gasteiger partial charge in [0.15, 0.2) is 17.3 Å². The van der Waals surface area contributed by atoms with Crippen LogP contribution < -0.4 is 10.5 Å². The molecule has 0 fully saturated rings. The van der Waals surface area contributed by atoms with E-state index in [2.05, 4.69) is 4.74 Å². The first kappa shape index (κ1) is 11.5. The van der Waals surface area contributed by atoms with E-state index in [-0.39, 0.29) is 30.1 Å². The van der Waals surface area contributed by atoms with Crippen LogP contribution in [0.4, 0.5) is 4.39 Å². The van der Waals surface area contributed by atoms with E-state index in [1.54, 1.807) is 0 Å². The number of methoxy groups -OCH3 is 1. The molecule has 0 aliphatic carbocycles. The number of phenolic OH excluding ortho intramolecular Hbond substituents is 1. The van der Waals surface area contributed by atoms with Gasteiger partial charge in [0, 0.05) is 12.0 Å². The molecule has 82 valence electrons. The number of hydrogen-bond donors (Lipinski definition) is 2. The van der Waals surface area contributed by atoms with Crippen molar-refractivity contribution >= 4 is 5.78 Å². The Morgan fingerprint density at radius 1 is 1.60 bits per heavy atom. The summed E-state index contributed by atoms with van der Waals surface area (Å²) in [5.74, 6) is -1.89. The highest BCUT2D eigenvalue weighted by Crippen LogP contribution is 2.27. The predicted octanol–water partition coefficient (Wildman–Crippen LogP) is 1.07. The van der Waals surface area contributed by atoms with Crippen LogP contribution >= 0.6 is 0 Å². The van der Waals surface area contributed by atoms with Crippen molar-refractivity contribution in [2.24, 2.45) is 5.73 Å². The summed E-state index contributed by atoms with van der Waals surface area (Å²) >= 11 is 0. The van der Waals surface area contributed by atoms with Gasteiger partial charge >= 0.3 is 0 Å². The fourth-order valence-electron chi connectivity index (χ4n) is 1.17. The van der Waals surface area contributed by atoms with E-state index < -0.39 is 11.6 Å². The number of rotatable bonds is 4. The second-order valence-corrected chi connectivity index (χ2v) is 2.97. The Bertz CT molecular complexity index is 379. The van der Waals surface area contributed by atoms with Gasteiger partial charge in [0.25, 0.3) is 0 Å². The Kier molecular flexibility index (Phi) is 3.62. The monoisotopic (exact) mass is 213 g/mol. The van der Waals surface area contributed by atoms with Gasteiger partial charge in [0.2, 0.25) is 5.82 Å². The molecule has 1 aromatic rings. The lowest BCUT2D eigenvalue weighted by atomic mass is 10.1. The van der Waals surface area contributed by atoms with Crippen molar-refractivity contribution in [3.8, 4) is 11.5 Å². The molecule has 0 heterocycles. The fraction of sp³-hybridized carbons (Fsp3) is 0.300. The molecule has 0 radical (unpaired) electrons. The van der Waals surface area contributed by atoms with Gasteiger partial charge in [-0.1, -0.05) is 0 Å². The summed E-state index contributed by atoms with van der Waals surface area (Å²) in [5, 5.41) is 9.19. The topological polar surface area (TPSA) is 72.5 Å². The minimum atomic E-state index is -0.873. The SMILES string of the molecule is COc1cc(C(=O)CCN)cc(O)c1F. The zero-order valence-electron chi connectivity index (χ0n) is 8.29.